The lowest BCUT2D eigenvalue weighted by Crippen LogP contribution is -2.29. The van der Waals surface area contributed by atoms with E-state index in [-0.39, 0.29) is 25.4 Å². The summed E-state index contributed by atoms with van der Waals surface area (Å²) in [5.41, 5.74) is 0. The topological polar surface area (TPSA) is 108 Å². The third kappa shape index (κ3) is 35.8. The molecule has 2 unspecified atom stereocenters. The smallest absolute Gasteiger partial charge is 0.462 e. The summed E-state index contributed by atoms with van der Waals surface area (Å²) in [6.07, 6.45) is 43.3. The molecule has 0 aromatic rings. The lowest BCUT2D eigenvalue weighted by Gasteiger charge is -2.19. The van der Waals surface area contributed by atoms with E-state index in [1.54, 1.807) is 0 Å². The molecule has 0 bridgehead atoms. The van der Waals surface area contributed by atoms with Crippen molar-refractivity contribution in [1.82, 2.24) is 0 Å². The van der Waals surface area contributed by atoms with Gasteiger partial charge in [-0.25, -0.2) is 4.57 Å². The lowest BCUT2D eigenvalue weighted by molar-refractivity contribution is -0.161. The SMILES string of the molecule is CC/C=C\C/C=C\C/C=C\C/C=C\CCC(=O)OC(COC(=O)CCCCCCCCCCCCCCCCCCCC)COP(=O)(O)OC. The van der Waals surface area contributed by atoms with Gasteiger partial charge in [-0.15, -0.1) is 0 Å². The number of carbonyl (C=O) groups is 2. The minimum Gasteiger partial charge on any atom is -0.462 e. The van der Waals surface area contributed by atoms with Crippen molar-refractivity contribution in [3.63, 3.8) is 0 Å². The van der Waals surface area contributed by atoms with Gasteiger partial charge in [0.2, 0.25) is 0 Å². The van der Waals surface area contributed by atoms with E-state index in [4.69, 9.17) is 14.0 Å². The number of allylic oxidation sites excluding steroid dienone is 8. The van der Waals surface area contributed by atoms with Crippen molar-refractivity contribution in [2.24, 2.45) is 0 Å². The van der Waals surface area contributed by atoms with Crippen LogP contribution in [0.4, 0.5) is 0 Å². The van der Waals surface area contributed by atoms with Crippen LogP contribution in [0.15, 0.2) is 48.6 Å². The zero-order valence-electron chi connectivity index (χ0n) is 32.0. The minimum absolute atomic E-state index is 0.124. The fourth-order valence-corrected chi connectivity index (χ4v) is 5.78. The number of hydrogen-bond donors (Lipinski definition) is 1. The molecule has 0 radical (unpaired) electrons. The molecule has 0 spiro atoms. The van der Waals surface area contributed by atoms with E-state index in [0.29, 0.717) is 6.42 Å². The molecule has 0 aromatic heterocycles. The number of phosphoric ester groups is 1. The Kier molecular flexibility index (Phi) is 35.3. The summed E-state index contributed by atoms with van der Waals surface area (Å²) in [6, 6.07) is 0. The first-order chi connectivity index (χ1) is 24.3. The van der Waals surface area contributed by atoms with Gasteiger partial charge in [-0.1, -0.05) is 172 Å². The summed E-state index contributed by atoms with van der Waals surface area (Å²) in [6.45, 7) is 3.71. The molecule has 0 aliphatic carbocycles. The Morgan fingerprint density at radius 1 is 0.580 bits per heavy atom. The third-order valence-corrected chi connectivity index (χ3v) is 9.29. The van der Waals surface area contributed by atoms with Crippen molar-refractivity contribution in [3.8, 4) is 0 Å². The van der Waals surface area contributed by atoms with E-state index in [2.05, 4.69) is 54.8 Å². The fourth-order valence-electron chi connectivity index (χ4n) is 5.32. The molecular formula is C41H73O8P. The first-order valence-electron chi connectivity index (χ1n) is 19.8. The average Bonchev–Trinajstić information content (AvgIpc) is 3.10. The van der Waals surface area contributed by atoms with Gasteiger partial charge in [0.25, 0.3) is 0 Å². The largest absolute Gasteiger partial charge is 0.472 e. The molecule has 9 heteroatoms. The Balaban J connectivity index is 4.07. The molecule has 2 atom stereocenters. The molecule has 290 valence electrons. The van der Waals surface area contributed by atoms with Crippen LogP contribution in [0, 0.1) is 0 Å². The van der Waals surface area contributed by atoms with Gasteiger partial charge in [0.1, 0.15) is 6.61 Å². The predicted octanol–water partition coefficient (Wildman–Crippen LogP) is 12.2. The maximum Gasteiger partial charge on any atom is 0.472 e. The molecule has 1 N–H and O–H groups in total. The van der Waals surface area contributed by atoms with Crippen molar-refractivity contribution >= 4 is 19.8 Å². The van der Waals surface area contributed by atoms with E-state index in [9.17, 15) is 19.0 Å². The van der Waals surface area contributed by atoms with Gasteiger partial charge in [0.15, 0.2) is 6.10 Å². The van der Waals surface area contributed by atoms with Gasteiger partial charge >= 0.3 is 19.8 Å². The molecule has 0 fully saturated rings. The molecule has 8 nitrogen and oxygen atoms in total. The van der Waals surface area contributed by atoms with Crippen molar-refractivity contribution in [2.75, 3.05) is 20.3 Å². The third-order valence-electron chi connectivity index (χ3n) is 8.35. The van der Waals surface area contributed by atoms with Gasteiger partial charge < -0.3 is 14.4 Å². The van der Waals surface area contributed by atoms with E-state index >= 15 is 0 Å². The van der Waals surface area contributed by atoms with Crippen LogP contribution in [-0.2, 0) is 32.7 Å². The Morgan fingerprint density at radius 3 is 1.48 bits per heavy atom. The molecule has 0 amide bonds. The Labute approximate surface area is 306 Å². The maximum atomic E-state index is 12.4. The summed E-state index contributed by atoms with van der Waals surface area (Å²) in [5.74, 6) is -0.896. The van der Waals surface area contributed by atoms with E-state index in [1.807, 2.05) is 12.2 Å². The van der Waals surface area contributed by atoms with Gasteiger partial charge in [-0.05, 0) is 38.5 Å². The quantitative estimate of drug-likeness (QED) is 0.0294. The second-order valence-corrected chi connectivity index (χ2v) is 14.6. The minimum atomic E-state index is -4.27. The van der Waals surface area contributed by atoms with Crippen LogP contribution in [0.5, 0.6) is 0 Å². The van der Waals surface area contributed by atoms with E-state index in [1.165, 1.54) is 96.3 Å². The summed E-state index contributed by atoms with van der Waals surface area (Å²) in [7, 11) is -3.23. The fraction of sp³-hybridized carbons (Fsp3) is 0.756. The van der Waals surface area contributed by atoms with E-state index in [0.717, 1.165) is 52.1 Å². The number of ether oxygens (including phenoxy) is 2. The van der Waals surface area contributed by atoms with Crippen molar-refractivity contribution in [3.05, 3.63) is 48.6 Å². The van der Waals surface area contributed by atoms with Gasteiger partial charge in [0, 0.05) is 20.0 Å². The highest BCUT2D eigenvalue weighted by Crippen LogP contribution is 2.42. The molecule has 0 rings (SSSR count). The number of carbonyl (C=O) groups excluding carboxylic acids is 2. The number of phosphoric acid groups is 1. The highest BCUT2D eigenvalue weighted by Gasteiger charge is 2.24. The standard InChI is InChI=1S/C41H73O8P/c1-4-6-8-10-12-14-16-18-19-20-21-22-24-25-27-29-31-33-35-40(42)47-37-39(38-48-50(44,45)46-3)49-41(43)36-34-32-30-28-26-23-17-15-13-11-9-7-5-2/h7,9,13,15,23,26,30,32,39H,4-6,8,10-12,14,16-22,24-25,27-29,31,33-38H2,1-3H3,(H,44,45)/b9-7-,15-13-,26-23-,32-30-. The second-order valence-electron chi connectivity index (χ2n) is 13.0. The first kappa shape index (κ1) is 48.0. The lowest BCUT2D eigenvalue weighted by atomic mass is 10.0. The molecule has 0 heterocycles. The van der Waals surface area contributed by atoms with Crippen LogP contribution in [0.2, 0.25) is 0 Å². The number of hydrogen-bond acceptors (Lipinski definition) is 7. The monoisotopic (exact) mass is 725 g/mol. The summed E-state index contributed by atoms with van der Waals surface area (Å²) in [4.78, 5) is 34.3. The number of rotatable bonds is 36. The summed E-state index contributed by atoms with van der Waals surface area (Å²) >= 11 is 0. The van der Waals surface area contributed by atoms with Gasteiger partial charge in [0.05, 0.1) is 6.61 Å². The van der Waals surface area contributed by atoms with Gasteiger partial charge in [-0.3, -0.25) is 18.6 Å². The Bertz CT molecular complexity index is 958. The van der Waals surface area contributed by atoms with Crippen LogP contribution < -0.4 is 0 Å². The summed E-state index contributed by atoms with van der Waals surface area (Å²) < 4.78 is 31.8. The molecule has 0 saturated heterocycles. The highest BCUT2D eigenvalue weighted by atomic mass is 31.2. The molecule has 0 aliphatic heterocycles. The number of esters is 2. The highest BCUT2D eigenvalue weighted by molar-refractivity contribution is 7.47. The second kappa shape index (κ2) is 36.8. The zero-order chi connectivity index (χ0) is 36.8. The normalized spacial score (nSPS) is 13.9. The van der Waals surface area contributed by atoms with Crippen LogP contribution >= 0.6 is 7.82 Å². The molecule has 0 saturated carbocycles. The maximum absolute atomic E-state index is 12.4. The van der Waals surface area contributed by atoms with Gasteiger partial charge in [-0.2, -0.15) is 0 Å². The van der Waals surface area contributed by atoms with Crippen molar-refractivity contribution in [2.45, 2.75) is 180 Å². The average molecular weight is 725 g/mol. The molecule has 0 aliphatic rings. The molecule has 0 aromatic carbocycles. The van der Waals surface area contributed by atoms with Crippen LogP contribution in [0.25, 0.3) is 0 Å². The van der Waals surface area contributed by atoms with Crippen molar-refractivity contribution in [1.29, 1.82) is 0 Å². The number of unbranched alkanes of at least 4 members (excludes halogenated alkanes) is 17. The summed E-state index contributed by atoms with van der Waals surface area (Å²) in [5, 5.41) is 0. The van der Waals surface area contributed by atoms with Crippen LogP contribution in [-0.4, -0.2) is 43.3 Å². The zero-order valence-corrected chi connectivity index (χ0v) is 32.9. The van der Waals surface area contributed by atoms with E-state index < -0.39 is 26.5 Å². The first-order valence-corrected chi connectivity index (χ1v) is 21.3. The van der Waals surface area contributed by atoms with Crippen LogP contribution in [0.3, 0.4) is 0 Å². The molecule has 50 heavy (non-hydrogen) atoms. The van der Waals surface area contributed by atoms with Crippen molar-refractivity contribution < 1.29 is 37.6 Å². The van der Waals surface area contributed by atoms with Crippen LogP contribution in [0.1, 0.15) is 174 Å². The Morgan fingerprint density at radius 2 is 1.02 bits per heavy atom. The molecular weight excluding hydrogens is 651 g/mol. The predicted molar refractivity (Wildman–Crippen MR) is 207 cm³/mol. The Hall–Kier alpha value is -1.99.